The summed E-state index contributed by atoms with van der Waals surface area (Å²) >= 11 is 5.85. The third-order valence-corrected chi connectivity index (χ3v) is 4.59. The Morgan fingerprint density at radius 1 is 1.00 bits per heavy atom. The number of hydrogen-bond acceptors (Lipinski definition) is 3. The van der Waals surface area contributed by atoms with Crippen LogP contribution < -0.4 is 0 Å². The lowest BCUT2D eigenvalue weighted by Gasteiger charge is -2.17. The van der Waals surface area contributed by atoms with E-state index in [1.54, 1.807) is 48.5 Å². The first-order valence-corrected chi connectivity index (χ1v) is 8.26. The minimum Gasteiger partial charge on any atom is -0.481 e. The average Bonchev–Trinajstić information content (AvgIpc) is 3.11. The molecule has 1 atom stereocenters. The van der Waals surface area contributed by atoms with E-state index in [0.29, 0.717) is 29.1 Å². The third kappa shape index (κ3) is 3.56. The quantitative estimate of drug-likeness (QED) is 0.853. The highest BCUT2D eigenvalue weighted by molar-refractivity contribution is 6.30. The van der Waals surface area contributed by atoms with Crippen LogP contribution in [0.3, 0.4) is 0 Å². The summed E-state index contributed by atoms with van der Waals surface area (Å²) in [4.78, 5) is 38.1. The molecule has 1 fully saturated rings. The van der Waals surface area contributed by atoms with Gasteiger partial charge in [0.2, 0.25) is 0 Å². The molecule has 1 saturated heterocycles. The van der Waals surface area contributed by atoms with Gasteiger partial charge in [0, 0.05) is 29.2 Å². The summed E-state index contributed by atoms with van der Waals surface area (Å²) in [5.41, 5.74) is 1.02. The highest BCUT2D eigenvalue weighted by Crippen LogP contribution is 2.22. The van der Waals surface area contributed by atoms with Crippen molar-refractivity contribution in [1.29, 1.82) is 0 Å². The number of carbonyl (C=O) groups excluding carboxylic acids is 2. The zero-order valence-corrected chi connectivity index (χ0v) is 14.1. The number of likely N-dealkylation sites (tertiary alicyclic amines) is 1. The second-order valence-electron chi connectivity index (χ2n) is 5.96. The van der Waals surface area contributed by atoms with Crippen molar-refractivity contribution >= 4 is 29.3 Å². The number of halogens is 1. The number of hydrogen-bond donors (Lipinski definition) is 1. The summed E-state index contributed by atoms with van der Waals surface area (Å²) in [7, 11) is 0. The van der Waals surface area contributed by atoms with Crippen molar-refractivity contribution in [3.63, 3.8) is 0 Å². The van der Waals surface area contributed by atoms with Crippen LogP contribution in [0.1, 0.15) is 32.7 Å². The Hall–Kier alpha value is -2.66. The highest BCUT2D eigenvalue weighted by atomic mass is 35.5. The summed E-state index contributed by atoms with van der Waals surface area (Å²) < 4.78 is 0. The van der Waals surface area contributed by atoms with Crippen LogP contribution in [0.5, 0.6) is 0 Å². The normalized spacial score (nSPS) is 16.7. The first-order valence-electron chi connectivity index (χ1n) is 7.88. The van der Waals surface area contributed by atoms with Crippen molar-refractivity contribution in [1.82, 2.24) is 4.90 Å². The molecular formula is C19H16ClNO4. The molecule has 1 aliphatic rings. The minimum atomic E-state index is -0.902. The van der Waals surface area contributed by atoms with E-state index in [1.165, 1.54) is 4.90 Å². The van der Waals surface area contributed by atoms with Gasteiger partial charge in [-0.15, -0.1) is 0 Å². The van der Waals surface area contributed by atoms with Crippen LogP contribution in [-0.4, -0.2) is 40.8 Å². The first-order chi connectivity index (χ1) is 12.0. The van der Waals surface area contributed by atoms with Crippen LogP contribution in [0.25, 0.3) is 0 Å². The maximum Gasteiger partial charge on any atom is 0.308 e. The maximum atomic E-state index is 12.8. The number of nitrogens with zero attached hydrogens (tertiary/aromatic N) is 1. The number of benzene rings is 2. The lowest BCUT2D eigenvalue weighted by Crippen LogP contribution is -2.31. The van der Waals surface area contributed by atoms with E-state index in [4.69, 9.17) is 16.7 Å². The minimum absolute atomic E-state index is 0.164. The molecule has 0 aliphatic carbocycles. The monoisotopic (exact) mass is 357 g/mol. The van der Waals surface area contributed by atoms with Gasteiger partial charge in [0.1, 0.15) is 0 Å². The molecule has 0 bridgehead atoms. The topological polar surface area (TPSA) is 74.7 Å². The molecule has 1 aliphatic heterocycles. The number of carboxylic acid groups (broad SMARTS) is 1. The zero-order valence-electron chi connectivity index (χ0n) is 13.3. The largest absolute Gasteiger partial charge is 0.481 e. The van der Waals surface area contributed by atoms with Crippen molar-refractivity contribution in [2.24, 2.45) is 5.92 Å². The van der Waals surface area contributed by atoms with Crippen LogP contribution in [0.4, 0.5) is 0 Å². The second-order valence-corrected chi connectivity index (χ2v) is 6.39. The number of aliphatic carboxylic acids is 1. The first kappa shape index (κ1) is 17.2. The van der Waals surface area contributed by atoms with Gasteiger partial charge in [-0.05, 0) is 36.8 Å². The average molecular weight is 358 g/mol. The van der Waals surface area contributed by atoms with E-state index in [2.05, 4.69) is 0 Å². The van der Waals surface area contributed by atoms with E-state index in [9.17, 15) is 14.4 Å². The smallest absolute Gasteiger partial charge is 0.308 e. The summed E-state index contributed by atoms with van der Waals surface area (Å²) in [5.74, 6) is -2.04. The Morgan fingerprint density at radius 3 is 2.24 bits per heavy atom. The number of rotatable bonds is 4. The van der Waals surface area contributed by atoms with E-state index in [-0.39, 0.29) is 23.8 Å². The van der Waals surface area contributed by atoms with Gasteiger partial charge in [0.05, 0.1) is 11.5 Å². The van der Waals surface area contributed by atoms with Crippen molar-refractivity contribution in [2.45, 2.75) is 6.42 Å². The predicted octanol–water partition coefficient (Wildman–Crippen LogP) is 3.12. The number of amides is 1. The van der Waals surface area contributed by atoms with E-state index >= 15 is 0 Å². The SMILES string of the molecule is O=C(c1ccc(Cl)cc1)c1ccccc1C(=O)N1CCC(C(=O)O)C1. The zero-order chi connectivity index (χ0) is 18.0. The van der Waals surface area contributed by atoms with Crippen LogP contribution in [0.2, 0.25) is 5.02 Å². The van der Waals surface area contributed by atoms with Gasteiger partial charge >= 0.3 is 5.97 Å². The fourth-order valence-corrected chi connectivity index (χ4v) is 3.07. The van der Waals surface area contributed by atoms with Gasteiger partial charge in [-0.2, -0.15) is 0 Å². The molecule has 1 unspecified atom stereocenters. The molecule has 128 valence electrons. The second kappa shape index (κ2) is 7.07. The Balaban J connectivity index is 1.88. The molecule has 3 rings (SSSR count). The molecule has 2 aromatic rings. The predicted molar refractivity (Wildman–Crippen MR) is 93.0 cm³/mol. The Morgan fingerprint density at radius 2 is 1.64 bits per heavy atom. The summed E-state index contributed by atoms with van der Waals surface area (Å²) in [6.07, 6.45) is 0.425. The van der Waals surface area contributed by atoms with Crippen molar-refractivity contribution in [3.8, 4) is 0 Å². The summed E-state index contributed by atoms with van der Waals surface area (Å²) in [6.45, 7) is 0.539. The molecule has 1 heterocycles. The highest BCUT2D eigenvalue weighted by Gasteiger charge is 2.32. The molecule has 0 radical (unpaired) electrons. The lowest BCUT2D eigenvalue weighted by atomic mass is 9.97. The van der Waals surface area contributed by atoms with Crippen LogP contribution in [-0.2, 0) is 4.79 Å². The molecule has 0 aromatic heterocycles. The Bertz CT molecular complexity index is 832. The molecule has 1 N–H and O–H groups in total. The maximum absolute atomic E-state index is 12.8. The van der Waals surface area contributed by atoms with Crippen LogP contribution in [0.15, 0.2) is 48.5 Å². The van der Waals surface area contributed by atoms with Crippen molar-refractivity contribution in [3.05, 3.63) is 70.2 Å². The Labute approximate surface area is 149 Å². The molecule has 0 saturated carbocycles. The molecule has 5 nitrogen and oxygen atoms in total. The molecule has 0 spiro atoms. The molecular weight excluding hydrogens is 342 g/mol. The molecule has 1 amide bonds. The molecule has 25 heavy (non-hydrogen) atoms. The van der Waals surface area contributed by atoms with Gasteiger partial charge in [-0.3, -0.25) is 14.4 Å². The van der Waals surface area contributed by atoms with E-state index in [1.807, 2.05) is 0 Å². The van der Waals surface area contributed by atoms with Crippen LogP contribution >= 0.6 is 11.6 Å². The number of carbonyl (C=O) groups is 3. The lowest BCUT2D eigenvalue weighted by molar-refractivity contribution is -0.141. The third-order valence-electron chi connectivity index (χ3n) is 4.33. The van der Waals surface area contributed by atoms with Crippen LogP contribution in [0, 0.1) is 5.92 Å². The number of ketones is 1. The van der Waals surface area contributed by atoms with Gasteiger partial charge in [-0.25, -0.2) is 0 Å². The van der Waals surface area contributed by atoms with Crippen molar-refractivity contribution in [2.75, 3.05) is 13.1 Å². The number of carboxylic acids is 1. The van der Waals surface area contributed by atoms with E-state index in [0.717, 1.165) is 0 Å². The van der Waals surface area contributed by atoms with Gasteiger partial charge in [-0.1, -0.05) is 29.8 Å². The van der Waals surface area contributed by atoms with Crippen molar-refractivity contribution < 1.29 is 19.5 Å². The molecule has 6 heteroatoms. The summed E-state index contributed by atoms with van der Waals surface area (Å²) in [6, 6.07) is 13.1. The van der Waals surface area contributed by atoms with Gasteiger partial charge < -0.3 is 10.0 Å². The van der Waals surface area contributed by atoms with Gasteiger partial charge in [0.15, 0.2) is 5.78 Å². The fourth-order valence-electron chi connectivity index (χ4n) is 2.94. The fraction of sp³-hybridized carbons (Fsp3) is 0.211. The van der Waals surface area contributed by atoms with Gasteiger partial charge in [0.25, 0.3) is 5.91 Å². The molecule has 2 aromatic carbocycles. The summed E-state index contributed by atoms with van der Waals surface area (Å²) in [5, 5.41) is 9.62. The standard InChI is InChI=1S/C19H16ClNO4/c20-14-7-5-12(6-8-14)17(22)15-3-1-2-4-16(15)18(23)21-10-9-13(11-21)19(24)25/h1-8,13H,9-11H2,(H,24,25). The Kier molecular flexibility index (Phi) is 4.86. The van der Waals surface area contributed by atoms with E-state index < -0.39 is 11.9 Å².